The summed E-state index contributed by atoms with van der Waals surface area (Å²) >= 11 is 0. The maximum absolute atomic E-state index is 7.44. The lowest BCUT2D eigenvalue weighted by atomic mass is 9.77. The Bertz CT molecular complexity index is 3340. The first-order valence-electron chi connectivity index (χ1n) is 26.2. The lowest BCUT2D eigenvalue weighted by molar-refractivity contribution is 0.559. The summed E-state index contributed by atoms with van der Waals surface area (Å²) in [5.41, 5.74) is 25.5. The molecule has 0 saturated carbocycles. The van der Waals surface area contributed by atoms with E-state index in [1.165, 1.54) is 94.7 Å². The Balaban J connectivity index is 1.32. The van der Waals surface area contributed by atoms with E-state index in [4.69, 9.17) is 4.42 Å². The molecule has 0 unspecified atom stereocenters. The highest BCUT2D eigenvalue weighted by atomic mass is 16.3. The van der Waals surface area contributed by atoms with Gasteiger partial charge in [0.05, 0.1) is 0 Å². The zero-order chi connectivity index (χ0) is 50.6. The van der Waals surface area contributed by atoms with Gasteiger partial charge in [-0.2, -0.15) is 0 Å². The Kier molecular flexibility index (Phi) is 10.6. The molecule has 70 heavy (non-hydrogen) atoms. The van der Waals surface area contributed by atoms with Gasteiger partial charge in [0.15, 0.2) is 0 Å². The molecule has 3 aliphatic carbocycles. The minimum absolute atomic E-state index is 0.0325. The van der Waals surface area contributed by atoms with E-state index in [2.05, 4.69) is 246 Å². The van der Waals surface area contributed by atoms with Gasteiger partial charge in [0.1, 0.15) is 11.2 Å². The molecule has 10 rings (SSSR count). The van der Waals surface area contributed by atoms with Gasteiger partial charge in [-0.1, -0.05) is 204 Å². The van der Waals surface area contributed by atoms with Crippen molar-refractivity contribution >= 4 is 38.9 Å². The molecule has 2 nitrogen and oxygen atoms in total. The van der Waals surface area contributed by atoms with Crippen molar-refractivity contribution in [2.24, 2.45) is 0 Å². The van der Waals surface area contributed by atoms with Gasteiger partial charge in [-0.3, -0.25) is 0 Å². The molecule has 0 bridgehead atoms. The summed E-state index contributed by atoms with van der Waals surface area (Å²) in [5.74, 6) is 0. The highest BCUT2D eigenvalue weighted by Crippen LogP contribution is 2.56. The van der Waals surface area contributed by atoms with E-state index in [1.807, 2.05) is 0 Å². The Hall–Kier alpha value is -5.60. The maximum atomic E-state index is 7.44. The average Bonchev–Trinajstić information content (AvgIpc) is 3.83. The van der Waals surface area contributed by atoms with Gasteiger partial charge < -0.3 is 9.32 Å². The van der Waals surface area contributed by atoms with Gasteiger partial charge in [0.2, 0.25) is 0 Å². The number of nitrogens with zero attached hydrogens (tertiary/aromatic N) is 1. The number of allylic oxidation sites excluding steroid dienone is 4. The summed E-state index contributed by atoms with van der Waals surface area (Å²) < 4.78 is 7.44. The number of hydrogen-bond acceptors (Lipinski definition) is 2. The Labute approximate surface area is 421 Å². The summed E-state index contributed by atoms with van der Waals surface area (Å²) in [4.78, 5) is 2.64. The van der Waals surface area contributed by atoms with Crippen LogP contribution in [0.1, 0.15) is 194 Å². The van der Waals surface area contributed by atoms with Crippen molar-refractivity contribution < 1.29 is 4.42 Å². The van der Waals surface area contributed by atoms with E-state index in [1.54, 1.807) is 0 Å². The van der Waals surface area contributed by atoms with Gasteiger partial charge >= 0.3 is 0 Å². The molecule has 0 aliphatic heterocycles. The van der Waals surface area contributed by atoms with Crippen molar-refractivity contribution in [1.82, 2.24) is 0 Å². The van der Waals surface area contributed by atoms with Crippen LogP contribution in [0.3, 0.4) is 0 Å². The predicted octanol–water partition coefficient (Wildman–Crippen LogP) is 19.6. The maximum Gasteiger partial charge on any atom is 0.143 e. The van der Waals surface area contributed by atoms with Crippen molar-refractivity contribution in [3.05, 3.63) is 171 Å². The second kappa shape index (κ2) is 15.5. The molecule has 6 aromatic carbocycles. The fourth-order valence-corrected chi connectivity index (χ4v) is 12.1. The molecule has 0 atom stereocenters. The highest BCUT2D eigenvalue weighted by Gasteiger charge is 2.42. The van der Waals surface area contributed by atoms with Crippen molar-refractivity contribution in [3.63, 3.8) is 0 Å². The zero-order valence-electron chi connectivity index (χ0n) is 46.2. The minimum atomic E-state index is -0.151. The van der Waals surface area contributed by atoms with Crippen LogP contribution >= 0.6 is 0 Å². The number of benzene rings is 6. The smallest absolute Gasteiger partial charge is 0.143 e. The van der Waals surface area contributed by atoms with Gasteiger partial charge in [-0.05, 0) is 149 Å². The van der Waals surface area contributed by atoms with Crippen LogP contribution in [0.15, 0.2) is 125 Å². The van der Waals surface area contributed by atoms with E-state index in [0.717, 1.165) is 40.6 Å². The third-order valence-electron chi connectivity index (χ3n) is 16.5. The molecule has 0 N–H and O–H groups in total. The number of anilines is 2. The topological polar surface area (TPSA) is 16.4 Å². The number of hydrogen-bond donors (Lipinski definition) is 0. The number of furan rings is 1. The normalized spacial score (nSPS) is 16.6. The van der Waals surface area contributed by atoms with Crippen molar-refractivity contribution in [2.75, 3.05) is 4.90 Å². The fourth-order valence-electron chi connectivity index (χ4n) is 12.1. The molecule has 362 valence electrons. The van der Waals surface area contributed by atoms with Crippen LogP contribution < -0.4 is 4.90 Å². The molecule has 7 aromatic rings. The molecular weight excluding hydrogens is 847 g/mol. The molecule has 0 saturated heterocycles. The Morgan fingerprint density at radius 1 is 0.443 bits per heavy atom. The van der Waals surface area contributed by atoms with Crippen LogP contribution in [0.5, 0.6) is 0 Å². The SMILES string of the molecule is CC(C)(C)c1cc(-c2cc(N(C3=CC4=C(CC3)c3c(C(C)(C)C)cccc3C4(C)C)c3ccc4c(c3)C(C)(C)c3ccccc3-4)cc3c2oc2c(C(C)(C)C)cc(C(C)(C)C)cc23)cc(C(C)(C)C)c1. The molecule has 1 aromatic heterocycles. The van der Waals surface area contributed by atoms with E-state index in [9.17, 15) is 0 Å². The van der Waals surface area contributed by atoms with Crippen molar-refractivity contribution in [3.8, 4) is 22.3 Å². The van der Waals surface area contributed by atoms with Gasteiger partial charge in [0, 0.05) is 49.8 Å². The van der Waals surface area contributed by atoms with Crippen LogP contribution in [-0.4, -0.2) is 0 Å². The Morgan fingerprint density at radius 3 is 1.66 bits per heavy atom. The van der Waals surface area contributed by atoms with Crippen LogP contribution in [0, 0.1) is 0 Å². The van der Waals surface area contributed by atoms with Crippen molar-refractivity contribution in [2.45, 2.75) is 182 Å². The summed E-state index contributed by atoms with van der Waals surface area (Å²) in [6, 6.07) is 40.6. The Morgan fingerprint density at radius 2 is 1.03 bits per heavy atom. The lowest BCUT2D eigenvalue weighted by Gasteiger charge is -2.34. The standard InChI is InChI=1S/C68H79NO/c1-62(2,3)41-31-40(32-42(33-41)63(4,5)6)50-36-46(37-52-51-34-43(64(7,8)9)35-58(66(13,14)15)61(51)70-60(50)52)69(44-27-29-48-47-23-20-21-24-53(47)67(16,17)56(48)38-44)45-28-30-49-57(39-45)68(18,19)55-26-22-25-54(59(49)55)65(10,11)12/h20-27,29,31-39H,28,30H2,1-19H3. The summed E-state index contributed by atoms with van der Waals surface area (Å²) in [5, 5.41) is 2.35. The highest BCUT2D eigenvalue weighted by molar-refractivity contribution is 6.13. The first-order valence-corrected chi connectivity index (χ1v) is 26.2. The number of fused-ring (bicyclic) bond motifs is 8. The van der Waals surface area contributed by atoms with E-state index in [0.29, 0.717) is 0 Å². The summed E-state index contributed by atoms with van der Waals surface area (Å²) in [7, 11) is 0. The molecule has 3 aliphatic rings. The molecule has 2 heteroatoms. The second-order valence-electron chi connectivity index (χ2n) is 27.5. The van der Waals surface area contributed by atoms with Gasteiger partial charge in [-0.25, -0.2) is 0 Å². The zero-order valence-corrected chi connectivity index (χ0v) is 46.2. The molecule has 0 radical (unpaired) electrons. The van der Waals surface area contributed by atoms with Crippen LogP contribution in [0.25, 0.3) is 49.8 Å². The first-order chi connectivity index (χ1) is 32.4. The van der Waals surface area contributed by atoms with E-state index < -0.39 is 0 Å². The van der Waals surface area contributed by atoms with E-state index >= 15 is 0 Å². The lowest BCUT2D eigenvalue weighted by Crippen LogP contribution is -2.23. The van der Waals surface area contributed by atoms with Crippen LogP contribution in [0.2, 0.25) is 0 Å². The molecule has 0 spiro atoms. The second-order valence-corrected chi connectivity index (χ2v) is 27.5. The molecule has 1 heterocycles. The molecule has 0 fully saturated rings. The minimum Gasteiger partial charge on any atom is -0.455 e. The quantitative estimate of drug-likeness (QED) is 0.175. The largest absolute Gasteiger partial charge is 0.455 e. The fraction of sp³-hybridized carbons (Fsp3) is 0.412. The molecular formula is C68H79NO. The first kappa shape index (κ1) is 48.0. The molecule has 0 amide bonds. The van der Waals surface area contributed by atoms with Crippen LogP contribution in [-0.2, 0) is 37.9 Å². The van der Waals surface area contributed by atoms with Gasteiger partial charge in [0.25, 0.3) is 0 Å². The number of rotatable bonds is 4. The summed E-state index contributed by atoms with van der Waals surface area (Å²) in [6.07, 6.45) is 4.51. The van der Waals surface area contributed by atoms with Crippen molar-refractivity contribution in [1.29, 1.82) is 0 Å². The van der Waals surface area contributed by atoms with Gasteiger partial charge in [-0.15, -0.1) is 0 Å². The third-order valence-corrected chi connectivity index (χ3v) is 16.5. The predicted molar refractivity (Wildman–Crippen MR) is 303 cm³/mol. The monoisotopic (exact) mass is 926 g/mol. The van der Waals surface area contributed by atoms with Crippen LogP contribution in [0.4, 0.5) is 11.4 Å². The average molecular weight is 926 g/mol. The summed E-state index contributed by atoms with van der Waals surface area (Å²) in [6.45, 7) is 44.9. The third kappa shape index (κ3) is 7.65. The van der Waals surface area contributed by atoms with E-state index in [-0.39, 0.29) is 37.9 Å².